The minimum absolute atomic E-state index is 0.0833. The second-order valence-electron chi connectivity index (χ2n) is 1.77. The van der Waals surface area contributed by atoms with E-state index in [1.807, 2.05) is 0 Å². The van der Waals surface area contributed by atoms with Crippen LogP contribution in [0.25, 0.3) is 0 Å². The van der Waals surface area contributed by atoms with Gasteiger partial charge in [-0.1, -0.05) is 0 Å². The van der Waals surface area contributed by atoms with Crippen molar-refractivity contribution in [3.63, 3.8) is 0 Å². The fraction of sp³-hybridized carbons (Fsp3) is 0. The first kappa shape index (κ1) is 7.18. The Bertz CT molecular complexity index is 231. The Kier molecular flexibility index (Phi) is 1.98. The van der Waals surface area contributed by atoms with E-state index in [9.17, 15) is 4.39 Å². The van der Waals surface area contributed by atoms with E-state index in [2.05, 4.69) is 4.98 Å². The molecule has 0 aliphatic heterocycles. The first-order chi connectivity index (χ1) is 4.70. The maximum Gasteiger partial charge on any atom is 0.508 e. The summed E-state index contributed by atoms with van der Waals surface area (Å²) in [4.78, 5) is 3.50. The van der Waals surface area contributed by atoms with Gasteiger partial charge in [0, 0.05) is 6.20 Å². The van der Waals surface area contributed by atoms with Crippen molar-refractivity contribution in [3.05, 3.63) is 24.1 Å². The van der Waals surface area contributed by atoms with E-state index in [4.69, 9.17) is 10.0 Å². The van der Waals surface area contributed by atoms with Crippen LogP contribution in [-0.4, -0.2) is 22.2 Å². The summed E-state index contributed by atoms with van der Waals surface area (Å²) in [5, 5.41) is 16.9. The third-order valence-electron chi connectivity index (χ3n) is 1.01. The van der Waals surface area contributed by atoms with Gasteiger partial charge >= 0.3 is 7.12 Å². The quantitative estimate of drug-likeness (QED) is 0.488. The number of rotatable bonds is 1. The fourth-order valence-corrected chi connectivity index (χ4v) is 0.562. The minimum atomic E-state index is -1.70. The number of hydrogen-bond donors (Lipinski definition) is 2. The van der Waals surface area contributed by atoms with Crippen molar-refractivity contribution < 1.29 is 14.4 Å². The van der Waals surface area contributed by atoms with Crippen LogP contribution in [-0.2, 0) is 0 Å². The van der Waals surface area contributed by atoms with Gasteiger partial charge in [0.05, 0.1) is 5.59 Å². The van der Waals surface area contributed by atoms with Crippen LogP contribution < -0.4 is 5.59 Å². The number of pyridine rings is 1. The molecule has 0 saturated heterocycles. The molecule has 1 aromatic heterocycles. The molecule has 1 aromatic rings. The SMILES string of the molecule is OB(O)c1cc(F)ccn1. The van der Waals surface area contributed by atoms with Crippen molar-refractivity contribution in [2.24, 2.45) is 0 Å². The molecule has 0 bridgehead atoms. The van der Waals surface area contributed by atoms with E-state index in [-0.39, 0.29) is 5.59 Å². The molecule has 0 fully saturated rings. The Labute approximate surface area is 57.3 Å². The lowest BCUT2D eigenvalue weighted by Gasteiger charge is -1.95. The lowest BCUT2D eigenvalue weighted by molar-refractivity contribution is 0.423. The molecule has 0 aliphatic carbocycles. The van der Waals surface area contributed by atoms with E-state index in [1.165, 1.54) is 6.20 Å². The molecule has 10 heavy (non-hydrogen) atoms. The molecule has 52 valence electrons. The molecule has 0 aliphatic rings. The van der Waals surface area contributed by atoms with Crippen LogP contribution in [0.4, 0.5) is 4.39 Å². The molecular formula is C5H5BFNO2. The summed E-state index contributed by atoms with van der Waals surface area (Å²) in [7, 11) is -1.70. The largest absolute Gasteiger partial charge is 0.508 e. The van der Waals surface area contributed by atoms with Gasteiger partial charge in [-0.2, -0.15) is 0 Å². The molecular weight excluding hydrogens is 136 g/mol. The Morgan fingerprint density at radius 3 is 2.60 bits per heavy atom. The van der Waals surface area contributed by atoms with Gasteiger partial charge in [-0.3, -0.25) is 4.98 Å². The summed E-state index contributed by atoms with van der Waals surface area (Å²) >= 11 is 0. The van der Waals surface area contributed by atoms with Gasteiger partial charge in [0.15, 0.2) is 0 Å². The average molecular weight is 141 g/mol. The molecule has 0 radical (unpaired) electrons. The zero-order valence-electron chi connectivity index (χ0n) is 5.03. The Hall–Kier alpha value is -0.935. The summed E-state index contributed by atoms with van der Waals surface area (Å²) in [6, 6.07) is 2.09. The molecule has 0 aromatic carbocycles. The Morgan fingerprint density at radius 1 is 1.50 bits per heavy atom. The van der Waals surface area contributed by atoms with E-state index in [0.29, 0.717) is 0 Å². The van der Waals surface area contributed by atoms with Crippen LogP contribution >= 0.6 is 0 Å². The third kappa shape index (κ3) is 1.52. The van der Waals surface area contributed by atoms with Crippen LogP contribution in [0.5, 0.6) is 0 Å². The number of hydrogen-bond acceptors (Lipinski definition) is 3. The molecule has 0 spiro atoms. The first-order valence-corrected chi connectivity index (χ1v) is 2.68. The van der Waals surface area contributed by atoms with Crippen LogP contribution in [0.2, 0.25) is 0 Å². The lowest BCUT2D eigenvalue weighted by Crippen LogP contribution is -2.32. The first-order valence-electron chi connectivity index (χ1n) is 2.68. The van der Waals surface area contributed by atoms with Crippen molar-refractivity contribution in [2.75, 3.05) is 0 Å². The van der Waals surface area contributed by atoms with Gasteiger partial charge in [-0.25, -0.2) is 4.39 Å². The van der Waals surface area contributed by atoms with Gasteiger partial charge in [0.2, 0.25) is 0 Å². The average Bonchev–Trinajstić information content (AvgIpc) is 1.88. The monoisotopic (exact) mass is 141 g/mol. The minimum Gasteiger partial charge on any atom is -0.422 e. The molecule has 3 nitrogen and oxygen atoms in total. The standard InChI is InChI=1S/C5H5BFNO2/c7-4-1-2-8-5(3-4)6(9)10/h1-3,9-10H. The van der Waals surface area contributed by atoms with Crippen molar-refractivity contribution in [2.45, 2.75) is 0 Å². The van der Waals surface area contributed by atoms with Crippen LogP contribution in [0.1, 0.15) is 0 Å². The van der Waals surface area contributed by atoms with Gasteiger partial charge in [0.25, 0.3) is 0 Å². The summed E-state index contributed by atoms with van der Waals surface area (Å²) < 4.78 is 12.3. The predicted octanol–water partition coefficient (Wildman–Crippen LogP) is -1.10. The second kappa shape index (κ2) is 2.77. The predicted molar refractivity (Wildman–Crippen MR) is 34.0 cm³/mol. The number of nitrogens with zero attached hydrogens (tertiary/aromatic N) is 1. The number of aromatic nitrogens is 1. The Balaban J connectivity index is 2.96. The molecule has 1 heterocycles. The third-order valence-corrected chi connectivity index (χ3v) is 1.01. The summed E-state index contributed by atoms with van der Waals surface area (Å²) in [6.07, 6.45) is 1.17. The van der Waals surface area contributed by atoms with E-state index in [0.717, 1.165) is 12.1 Å². The van der Waals surface area contributed by atoms with Crippen LogP contribution in [0.15, 0.2) is 18.3 Å². The maximum atomic E-state index is 12.3. The Morgan fingerprint density at radius 2 is 2.20 bits per heavy atom. The molecule has 0 saturated carbocycles. The highest BCUT2D eigenvalue weighted by Gasteiger charge is 2.12. The zero-order chi connectivity index (χ0) is 7.56. The van der Waals surface area contributed by atoms with Gasteiger partial charge < -0.3 is 10.0 Å². The van der Waals surface area contributed by atoms with Crippen molar-refractivity contribution in [3.8, 4) is 0 Å². The zero-order valence-corrected chi connectivity index (χ0v) is 5.03. The highest BCUT2D eigenvalue weighted by Crippen LogP contribution is 1.89. The van der Waals surface area contributed by atoms with Crippen LogP contribution in [0.3, 0.4) is 0 Å². The van der Waals surface area contributed by atoms with Crippen molar-refractivity contribution in [1.29, 1.82) is 0 Å². The lowest BCUT2D eigenvalue weighted by atomic mass is 9.86. The smallest absolute Gasteiger partial charge is 0.422 e. The van der Waals surface area contributed by atoms with E-state index in [1.54, 1.807) is 0 Å². The van der Waals surface area contributed by atoms with Crippen molar-refractivity contribution in [1.82, 2.24) is 4.98 Å². The second-order valence-corrected chi connectivity index (χ2v) is 1.77. The molecule has 5 heteroatoms. The molecule has 0 atom stereocenters. The van der Waals surface area contributed by atoms with Gasteiger partial charge in [-0.05, 0) is 12.1 Å². The van der Waals surface area contributed by atoms with Gasteiger partial charge in [0.1, 0.15) is 5.82 Å². The molecule has 2 N–H and O–H groups in total. The number of halogens is 1. The van der Waals surface area contributed by atoms with E-state index >= 15 is 0 Å². The highest BCUT2D eigenvalue weighted by atomic mass is 19.1. The normalized spacial score (nSPS) is 9.50. The van der Waals surface area contributed by atoms with Crippen molar-refractivity contribution >= 4 is 12.7 Å². The fourth-order valence-electron chi connectivity index (χ4n) is 0.562. The molecule has 0 amide bonds. The maximum absolute atomic E-state index is 12.3. The van der Waals surface area contributed by atoms with E-state index < -0.39 is 12.9 Å². The summed E-state index contributed by atoms with van der Waals surface area (Å²) in [5.74, 6) is -0.530. The topological polar surface area (TPSA) is 53.4 Å². The molecule has 1 rings (SSSR count). The highest BCUT2D eigenvalue weighted by molar-refractivity contribution is 6.57. The summed E-state index contributed by atoms with van der Waals surface area (Å²) in [6.45, 7) is 0. The van der Waals surface area contributed by atoms with Crippen LogP contribution in [0, 0.1) is 5.82 Å². The molecule has 0 unspecified atom stereocenters. The van der Waals surface area contributed by atoms with Gasteiger partial charge in [-0.15, -0.1) is 0 Å². The summed E-state index contributed by atoms with van der Waals surface area (Å²) in [5.41, 5.74) is -0.0833.